The maximum absolute atomic E-state index is 13.0. The van der Waals surface area contributed by atoms with E-state index in [-0.39, 0.29) is 24.4 Å². The van der Waals surface area contributed by atoms with Crippen LogP contribution in [0.2, 0.25) is 0 Å². The average molecular weight is 424 g/mol. The molecule has 31 heavy (non-hydrogen) atoms. The van der Waals surface area contributed by atoms with Gasteiger partial charge in [0.25, 0.3) is 5.89 Å². The van der Waals surface area contributed by atoms with Gasteiger partial charge in [-0.2, -0.15) is 4.98 Å². The number of carbonyl (C=O) groups is 1. The summed E-state index contributed by atoms with van der Waals surface area (Å²) in [5, 5.41) is 7.06. The van der Waals surface area contributed by atoms with Crippen LogP contribution in [0.25, 0.3) is 0 Å². The van der Waals surface area contributed by atoms with Crippen LogP contribution < -0.4 is 10.1 Å². The zero-order valence-corrected chi connectivity index (χ0v) is 17.4. The highest BCUT2D eigenvalue weighted by molar-refractivity contribution is 5.89. The number of hydrogen-bond acceptors (Lipinski definition) is 5. The minimum absolute atomic E-state index is 0.0896. The van der Waals surface area contributed by atoms with Crippen LogP contribution in [-0.2, 0) is 13.0 Å². The Morgan fingerprint density at radius 2 is 2.00 bits per heavy atom. The van der Waals surface area contributed by atoms with Gasteiger partial charge in [0.15, 0.2) is 12.4 Å². The van der Waals surface area contributed by atoms with E-state index >= 15 is 0 Å². The lowest BCUT2D eigenvalue weighted by Crippen LogP contribution is -2.40. The molecule has 0 atom stereocenters. The molecule has 0 aliphatic carbocycles. The lowest BCUT2D eigenvalue weighted by atomic mass is 9.96. The van der Waals surface area contributed by atoms with Crippen molar-refractivity contribution in [2.45, 2.75) is 38.7 Å². The molecule has 1 aliphatic heterocycles. The van der Waals surface area contributed by atoms with E-state index in [0.29, 0.717) is 30.6 Å². The summed E-state index contributed by atoms with van der Waals surface area (Å²) in [4.78, 5) is 18.8. The van der Waals surface area contributed by atoms with Crippen LogP contribution in [0.15, 0.2) is 53.1 Å². The van der Waals surface area contributed by atoms with Crippen molar-refractivity contribution in [1.82, 2.24) is 15.0 Å². The Balaban J connectivity index is 1.26. The third kappa shape index (κ3) is 5.39. The van der Waals surface area contributed by atoms with Crippen molar-refractivity contribution in [3.8, 4) is 5.75 Å². The molecular formula is C23H25FN4O3. The van der Waals surface area contributed by atoms with Gasteiger partial charge in [0.2, 0.25) is 0 Å². The molecule has 0 bridgehead atoms. The molecule has 0 unspecified atom stereocenters. The molecule has 1 aromatic heterocycles. The molecule has 0 saturated carbocycles. The third-order valence-corrected chi connectivity index (χ3v) is 5.39. The molecule has 3 aromatic rings. The summed E-state index contributed by atoms with van der Waals surface area (Å²) in [6.07, 6.45) is 2.46. The van der Waals surface area contributed by atoms with Gasteiger partial charge in [-0.15, -0.1) is 0 Å². The Morgan fingerprint density at radius 1 is 1.23 bits per heavy atom. The number of rotatable bonds is 6. The van der Waals surface area contributed by atoms with E-state index in [1.165, 1.54) is 17.7 Å². The number of benzene rings is 2. The van der Waals surface area contributed by atoms with Gasteiger partial charge >= 0.3 is 6.03 Å². The number of anilines is 1. The average Bonchev–Trinajstić information content (AvgIpc) is 3.28. The molecule has 162 valence electrons. The van der Waals surface area contributed by atoms with E-state index in [1.807, 2.05) is 29.2 Å². The van der Waals surface area contributed by atoms with E-state index in [2.05, 4.69) is 22.4 Å². The minimum atomic E-state index is -0.318. The summed E-state index contributed by atoms with van der Waals surface area (Å²) in [6.45, 7) is 3.46. The second-order valence-corrected chi connectivity index (χ2v) is 7.53. The highest BCUT2D eigenvalue weighted by Gasteiger charge is 2.27. The highest BCUT2D eigenvalue weighted by Crippen LogP contribution is 2.26. The summed E-state index contributed by atoms with van der Waals surface area (Å²) in [5.74, 6) is 1.35. The van der Waals surface area contributed by atoms with Gasteiger partial charge in [0.05, 0.1) is 0 Å². The molecule has 0 spiro atoms. The molecule has 8 heteroatoms. The Kier molecular flexibility index (Phi) is 6.45. The quantitative estimate of drug-likeness (QED) is 0.617. The first-order chi connectivity index (χ1) is 15.1. The number of carbonyl (C=O) groups excluding carboxylic acids is 1. The van der Waals surface area contributed by atoms with Crippen LogP contribution in [0.5, 0.6) is 5.75 Å². The maximum Gasteiger partial charge on any atom is 0.321 e. The fourth-order valence-electron chi connectivity index (χ4n) is 3.58. The van der Waals surface area contributed by atoms with E-state index in [9.17, 15) is 9.18 Å². The number of piperidine rings is 1. The van der Waals surface area contributed by atoms with Gasteiger partial charge in [-0.3, -0.25) is 0 Å². The molecule has 2 amide bonds. The van der Waals surface area contributed by atoms with Crippen LogP contribution >= 0.6 is 0 Å². The molecule has 2 aromatic carbocycles. The van der Waals surface area contributed by atoms with Gasteiger partial charge in [0.1, 0.15) is 11.6 Å². The number of likely N-dealkylation sites (tertiary alicyclic amines) is 1. The van der Waals surface area contributed by atoms with Gasteiger partial charge in [0, 0.05) is 24.7 Å². The largest absolute Gasteiger partial charge is 0.484 e. The highest BCUT2D eigenvalue weighted by atomic mass is 19.1. The monoisotopic (exact) mass is 424 g/mol. The Hall–Kier alpha value is -3.42. The zero-order valence-electron chi connectivity index (χ0n) is 17.4. The molecule has 1 saturated heterocycles. The van der Waals surface area contributed by atoms with Gasteiger partial charge in [-0.05, 0) is 61.2 Å². The smallest absolute Gasteiger partial charge is 0.321 e. The van der Waals surface area contributed by atoms with E-state index < -0.39 is 0 Å². The predicted octanol–water partition coefficient (Wildman–Crippen LogP) is 4.76. The lowest BCUT2D eigenvalue weighted by molar-refractivity contribution is 0.193. The molecule has 1 N–H and O–H groups in total. The molecular weight excluding hydrogens is 399 g/mol. The van der Waals surface area contributed by atoms with Crippen LogP contribution in [-0.4, -0.2) is 34.2 Å². The van der Waals surface area contributed by atoms with Crippen molar-refractivity contribution in [2.24, 2.45) is 0 Å². The Morgan fingerprint density at radius 3 is 2.74 bits per heavy atom. The third-order valence-electron chi connectivity index (χ3n) is 5.39. The first-order valence-electron chi connectivity index (χ1n) is 10.5. The van der Waals surface area contributed by atoms with Crippen LogP contribution in [0.3, 0.4) is 0 Å². The van der Waals surface area contributed by atoms with Gasteiger partial charge < -0.3 is 19.5 Å². The van der Waals surface area contributed by atoms with Crippen molar-refractivity contribution >= 4 is 11.7 Å². The second kappa shape index (κ2) is 9.59. The number of aryl methyl sites for hydroxylation is 1. The van der Waals surface area contributed by atoms with E-state index in [0.717, 1.165) is 24.9 Å². The summed E-state index contributed by atoms with van der Waals surface area (Å²) >= 11 is 0. The molecule has 7 nitrogen and oxygen atoms in total. The molecule has 1 fully saturated rings. The SMILES string of the molecule is CCc1cccc(NC(=O)N2CCC(c3noc(COc4ccc(F)cc4)n3)CC2)c1. The van der Waals surface area contributed by atoms with E-state index in [1.54, 1.807) is 12.1 Å². The normalized spacial score (nSPS) is 14.5. The van der Waals surface area contributed by atoms with Crippen LogP contribution in [0.1, 0.15) is 43.0 Å². The topological polar surface area (TPSA) is 80.5 Å². The fraction of sp³-hybridized carbons (Fsp3) is 0.348. The number of aromatic nitrogens is 2. The lowest BCUT2D eigenvalue weighted by Gasteiger charge is -2.30. The number of amides is 2. The zero-order chi connectivity index (χ0) is 21.6. The van der Waals surface area contributed by atoms with Gasteiger partial charge in [-0.1, -0.05) is 24.2 Å². The predicted molar refractivity (Wildman–Crippen MR) is 113 cm³/mol. The summed E-state index contributed by atoms with van der Waals surface area (Å²) < 4.78 is 23.8. The number of halogens is 1. The summed E-state index contributed by atoms with van der Waals surface area (Å²) in [6, 6.07) is 13.6. The van der Waals surface area contributed by atoms with Crippen molar-refractivity contribution in [2.75, 3.05) is 18.4 Å². The van der Waals surface area contributed by atoms with E-state index in [4.69, 9.17) is 9.26 Å². The fourth-order valence-corrected chi connectivity index (χ4v) is 3.58. The summed E-state index contributed by atoms with van der Waals surface area (Å²) in [5.41, 5.74) is 2.00. The van der Waals surface area contributed by atoms with Crippen LogP contribution in [0, 0.1) is 5.82 Å². The number of nitrogens with zero attached hydrogens (tertiary/aromatic N) is 3. The first kappa shape index (κ1) is 20.8. The van der Waals surface area contributed by atoms with Crippen LogP contribution in [0.4, 0.5) is 14.9 Å². The molecule has 0 radical (unpaired) electrons. The minimum Gasteiger partial charge on any atom is -0.484 e. The van der Waals surface area contributed by atoms with Crippen molar-refractivity contribution in [3.63, 3.8) is 0 Å². The first-order valence-corrected chi connectivity index (χ1v) is 10.5. The number of nitrogens with one attached hydrogen (secondary N) is 1. The molecule has 4 rings (SSSR count). The number of hydrogen-bond donors (Lipinski definition) is 1. The standard InChI is InChI=1S/C23H25FN4O3/c1-2-16-4-3-5-19(14-16)25-23(29)28-12-10-17(11-13-28)22-26-21(31-27-22)15-30-20-8-6-18(24)7-9-20/h3-9,14,17H,2,10-13,15H2,1H3,(H,25,29). The van der Waals surface area contributed by atoms with Crippen molar-refractivity contribution in [1.29, 1.82) is 0 Å². The Labute approximate surface area is 180 Å². The van der Waals surface area contributed by atoms with Gasteiger partial charge in [-0.25, -0.2) is 9.18 Å². The molecule has 2 heterocycles. The molecule has 1 aliphatic rings. The van der Waals surface area contributed by atoms with Crippen molar-refractivity contribution in [3.05, 3.63) is 71.6 Å². The number of ether oxygens (including phenoxy) is 1. The second-order valence-electron chi connectivity index (χ2n) is 7.53. The number of urea groups is 1. The summed E-state index contributed by atoms with van der Waals surface area (Å²) in [7, 11) is 0. The Bertz CT molecular complexity index is 1010. The maximum atomic E-state index is 13.0. The van der Waals surface area contributed by atoms with Crippen molar-refractivity contribution < 1.29 is 18.4 Å².